The van der Waals surface area contributed by atoms with Gasteiger partial charge in [0.25, 0.3) is 0 Å². The Morgan fingerprint density at radius 2 is 1.51 bits per heavy atom. The Morgan fingerprint density at radius 3 is 2.16 bits per heavy atom. The van der Waals surface area contributed by atoms with Crippen LogP contribution in [0, 0.1) is 0 Å². The highest BCUT2D eigenvalue weighted by Gasteiger charge is 2.41. The lowest BCUT2D eigenvalue weighted by Gasteiger charge is -2.36. The molecule has 0 fully saturated rings. The minimum absolute atomic E-state index is 0.0275. The van der Waals surface area contributed by atoms with Crippen LogP contribution in [-0.4, -0.2) is 46.8 Å². The van der Waals surface area contributed by atoms with Crippen LogP contribution in [0.25, 0.3) is 0 Å². The van der Waals surface area contributed by atoms with Gasteiger partial charge in [0.05, 0.1) is 40.6 Å². The largest absolute Gasteiger partial charge is 0.493 e. The van der Waals surface area contributed by atoms with E-state index in [0.717, 1.165) is 16.8 Å². The van der Waals surface area contributed by atoms with E-state index in [-0.39, 0.29) is 11.7 Å². The van der Waals surface area contributed by atoms with Crippen molar-refractivity contribution in [2.45, 2.75) is 38.5 Å². The second kappa shape index (κ2) is 11.0. The smallest absolute Gasteiger partial charge is 0.336 e. The van der Waals surface area contributed by atoms with E-state index < -0.39 is 11.9 Å². The third kappa shape index (κ3) is 4.88. The van der Waals surface area contributed by atoms with Crippen molar-refractivity contribution in [1.82, 2.24) is 5.32 Å². The SMILES string of the molecule is CCOc1ccc([C@H]2C(C(=O)OC)=C(C)NC3=C2C(=O)C[C@H](c2ccc(OC)c(OC)c2)C3)cc1OC. The number of benzene rings is 2. The van der Waals surface area contributed by atoms with Crippen LogP contribution in [0.2, 0.25) is 0 Å². The van der Waals surface area contributed by atoms with Crippen molar-refractivity contribution in [2.75, 3.05) is 35.0 Å². The second-order valence-electron chi connectivity index (χ2n) is 8.97. The van der Waals surface area contributed by atoms with E-state index in [0.29, 0.717) is 59.3 Å². The monoisotopic (exact) mass is 507 g/mol. The molecule has 0 spiro atoms. The summed E-state index contributed by atoms with van der Waals surface area (Å²) in [6.45, 7) is 4.22. The zero-order valence-corrected chi connectivity index (χ0v) is 22.1. The normalized spacial score (nSPS) is 19.1. The van der Waals surface area contributed by atoms with Crippen LogP contribution in [0.15, 0.2) is 58.9 Å². The zero-order chi connectivity index (χ0) is 26.7. The van der Waals surface area contributed by atoms with Crippen molar-refractivity contribution in [3.05, 3.63) is 70.1 Å². The zero-order valence-electron chi connectivity index (χ0n) is 22.1. The number of allylic oxidation sites excluding steroid dienone is 3. The molecular weight excluding hydrogens is 474 g/mol. The van der Waals surface area contributed by atoms with E-state index >= 15 is 0 Å². The maximum atomic E-state index is 13.8. The molecule has 37 heavy (non-hydrogen) atoms. The number of ketones is 1. The molecule has 2 atom stereocenters. The Kier molecular flexibility index (Phi) is 7.76. The highest BCUT2D eigenvalue weighted by atomic mass is 16.5. The fraction of sp³-hybridized carbons (Fsp3) is 0.379. The van der Waals surface area contributed by atoms with E-state index in [4.69, 9.17) is 23.7 Å². The highest BCUT2D eigenvalue weighted by Crippen LogP contribution is 2.47. The maximum absolute atomic E-state index is 13.8. The lowest BCUT2D eigenvalue weighted by atomic mass is 9.71. The fourth-order valence-electron chi connectivity index (χ4n) is 5.23. The number of carbonyl (C=O) groups excluding carboxylic acids is 2. The molecule has 8 heteroatoms. The van der Waals surface area contributed by atoms with Gasteiger partial charge in [0.1, 0.15) is 0 Å². The minimum Gasteiger partial charge on any atom is -0.493 e. The molecule has 0 bridgehead atoms. The van der Waals surface area contributed by atoms with Gasteiger partial charge in [-0.05, 0) is 61.6 Å². The molecule has 0 amide bonds. The average molecular weight is 508 g/mol. The molecule has 0 aromatic heterocycles. The number of Topliss-reactive ketones (excluding diaryl/α,β-unsaturated/α-hetero) is 1. The number of carbonyl (C=O) groups is 2. The van der Waals surface area contributed by atoms with Gasteiger partial charge in [-0.25, -0.2) is 4.79 Å². The molecule has 1 heterocycles. The first-order valence-electron chi connectivity index (χ1n) is 12.2. The summed E-state index contributed by atoms with van der Waals surface area (Å²) in [4.78, 5) is 26.7. The Bertz CT molecular complexity index is 1280. The Morgan fingerprint density at radius 1 is 0.892 bits per heavy atom. The van der Waals surface area contributed by atoms with E-state index in [1.165, 1.54) is 7.11 Å². The third-order valence-electron chi connectivity index (χ3n) is 6.93. The molecule has 0 saturated heterocycles. The van der Waals surface area contributed by atoms with Crippen molar-refractivity contribution in [3.8, 4) is 23.0 Å². The molecule has 1 N–H and O–H groups in total. The summed E-state index contributed by atoms with van der Waals surface area (Å²) in [5.41, 5.74) is 4.19. The fourth-order valence-corrected chi connectivity index (χ4v) is 5.23. The summed E-state index contributed by atoms with van der Waals surface area (Å²) in [5, 5.41) is 3.35. The molecule has 2 aromatic rings. The van der Waals surface area contributed by atoms with Crippen LogP contribution in [-0.2, 0) is 14.3 Å². The molecule has 1 aliphatic heterocycles. The predicted octanol–water partition coefficient (Wildman–Crippen LogP) is 4.65. The van der Waals surface area contributed by atoms with Crippen LogP contribution in [0.4, 0.5) is 0 Å². The number of esters is 1. The molecule has 0 radical (unpaired) electrons. The lowest BCUT2D eigenvalue weighted by Crippen LogP contribution is -2.36. The van der Waals surface area contributed by atoms with E-state index in [2.05, 4.69) is 5.32 Å². The minimum atomic E-state index is -0.591. The van der Waals surface area contributed by atoms with Crippen LogP contribution >= 0.6 is 0 Å². The van der Waals surface area contributed by atoms with Crippen LogP contribution in [0.3, 0.4) is 0 Å². The van der Waals surface area contributed by atoms with Gasteiger partial charge in [-0.3, -0.25) is 4.79 Å². The first kappa shape index (κ1) is 26.1. The third-order valence-corrected chi connectivity index (χ3v) is 6.93. The molecular formula is C29H33NO7. The van der Waals surface area contributed by atoms with E-state index in [1.54, 1.807) is 21.3 Å². The Hall–Kier alpha value is -3.94. The van der Waals surface area contributed by atoms with Crippen molar-refractivity contribution in [3.63, 3.8) is 0 Å². The Labute approximate surface area is 217 Å². The van der Waals surface area contributed by atoms with E-state index in [9.17, 15) is 9.59 Å². The van der Waals surface area contributed by atoms with Crippen molar-refractivity contribution >= 4 is 11.8 Å². The van der Waals surface area contributed by atoms with Gasteiger partial charge in [0, 0.05) is 29.3 Å². The summed E-state index contributed by atoms with van der Waals surface area (Å²) >= 11 is 0. The molecule has 8 nitrogen and oxygen atoms in total. The van der Waals surface area contributed by atoms with Crippen LogP contribution in [0.1, 0.15) is 49.7 Å². The van der Waals surface area contributed by atoms with Crippen LogP contribution in [0.5, 0.6) is 23.0 Å². The first-order chi connectivity index (χ1) is 17.9. The molecule has 1 aliphatic carbocycles. The van der Waals surface area contributed by atoms with Crippen molar-refractivity contribution in [2.24, 2.45) is 0 Å². The van der Waals surface area contributed by atoms with Gasteiger partial charge < -0.3 is 29.0 Å². The van der Waals surface area contributed by atoms with Crippen molar-refractivity contribution < 1.29 is 33.3 Å². The highest BCUT2D eigenvalue weighted by molar-refractivity contribution is 6.04. The molecule has 2 aliphatic rings. The standard InChI is InChI=1S/C29H33NO7/c1-7-37-23-11-9-18(15-25(23)35-5)27-26(29(32)36-6)16(2)30-20-12-19(13-21(31)28(20)27)17-8-10-22(33-3)24(14-17)34-4/h8-11,14-15,19,27,30H,7,12-13H2,1-6H3/t19-,27+/m1/s1. The van der Waals surface area contributed by atoms with Gasteiger partial charge in [-0.15, -0.1) is 0 Å². The number of ether oxygens (including phenoxy) is 5. The van der Waals surface area contributed by atoms with E-state index in [1.807, 2.05) is 50.2 Å². The number of nitrogens with one attached hydrogen (secondary N) is 1. The number of methoxy groups -OCH3 is 4. The topological polar surface area (TPSA) is 92.3 Å². The number of hydrogen-bond donors (Lipinski definition) is 1. The van der Waals surface area contributed by atoms with Crippen molar-refractivity contribution in [1.29, 1.82) is 0 Å². The molecule has 196 valence electrons. The molecule has 4 rings (SSSR count). The molecule has 2 aromatic carbocycles. The molecule has 0 saturated carbocycles. The predicted molar refractivity (Wildman–Crippen MR) is 138 cm³/mol. The quantitative estimate of drug-likeness (QED) is 0.517. The number of hydrogen-bond acceptors (Lipinski definition) is 8. The molecule has 0 unspecified atom stereocenters. The first-order valence-corrected chi connectivity index (χ1v) is 12.2. The van der Waals surface area contributed by atoms with Gasteiger partial charge >= 0.3 is 5.97 Å². The van der Waals surface area contributed by atoms with Gasteiger partial charge in [-0.1, -0.05) is 12.1 Å². The van der Waals surface area contributed by atoms with Crippen LogP contribution < -0.4 is 24.3 Å². The summed E-state index contributed by atoms with van der Waals surface area (Å²) < 4.78 is 27.2. The summed E-state index contributed by atoms with van der Waals surface area (Å²) in [7, 11) is 6.10. The summed E-state index contributed by atoms with van der Waals surface area (Å²) in [6.07, 6.45) is 0.904. The Balaban J connectivity index is 1.80. The van der Waals surface area contributed by atoms with Gasteiger partial charge in [0.15, 0.2) is 28.8 Å². The van der Waals surface area contributed by atoms with Gasteiger partial charge in [-0.2, -0.15) is 0 Å². The summed E-state index contributed by atoms with van der Waals surface area (Å²) in [6, 6.07) is 11.2. The second-order valence-corrected chi connectivity index (χ2v) is 8.97. The average Bonchev–Trinajstić information content (AvgIpc) is 2.91. The lowest BCUT2D eigenvalue weighted by molar-refractivity contribution is -0.136. The number of dihydropyridines is 1. The number of rotatable bonds is 8. The summed E-state index contributed by atoms with van der Waals surface area (Å²) in [5.74, 6) is 1.23. The van der Waals surface area contributed by atoms with Gasteiger partial charge in [0.2, 0.25) is 0 Å². The maximum Gasteiger partial charge on any atom is 0.336 e.